The maximum Gasteiger partial charge on any atom is 0.127 e. The third-order valence-electron chi connectivity index (χ3n) is 3.47. The molecule has 0 radical (unpaired) electrons. The maximum absolute atomic E-state index is 11.0. The van der Waals surface area contributed by atoms with Crippen LogP contribution < -0.4 is 4.74 Å². The quantitative estimate of drug-likeness (QED) is 0.710. The van der Waals surface area contributed by atoms with E-state index in [4.69, 9.17) is 4.74 Å². The fourth-order valence-corrected chi connectivity index (χ4v) is 2.24. The van der Waals surface area contributed by atoms with E-state index in [-0.39, 0.29) is 5.92 Å². The average Bonchev–Trinajstić information content (AvgIpc) is 2.33. The van der Waals surface area contributed by atoms with Crippen LogP contribution in [0.15, 0.2) is 23.8 Å². The first-order valence-corrected chi connectivity index (χ1v) is 5.47. The molecule has 0 N–H and O–H groups in total. The number of ether oxygens (including phenoxy) is 1. The van der Waals surface area contributed by atoms with Crippen molar-refractivity contribution in [2.24, 2.45) is 5.92 Å². The van der Waals surface area contributed by atoms with E-state index in [2.05, 4.69) is 19.1 Å². The first kappa shape index (κ1) is 10.9. The van der Waals surface area contributed by atoms with E-state index in [0.717, 1.165) is 18.5 Å². The predicted molar refractivity (Wildman–Crippen MR) is 64.5 cm³/mol. The lowest BCUT2D eigenvalue weighted by Crippen LogP contribution is -2.15. The van der Waals surface area contributed by atoms with Crippen LogP contribution in [0.25, 0.3) is 5.57 Å². The summed E-state index contributed by atoms with van der Waals surface area (Å²) in [6.07, 6.45) is 1.86. The molecule has 2 rings (SSSR count). The van der Waals surface area contributed by atoms with Gasteiger partial charge >= 0.3 is 0 Å². The van der Waals surface area contributed by atoms with E-state index in [1.165, 1.54) is 22.3 Å². The lowest BCUT2D eigenvalue weighted by molar-refractivity contribution is -0.110. The lowest BCUT2D eigenvalue weighted by Gasteiger charge is -2.24. The Labute approximate surface area is 95.9 Å². The molecule has 1 atom stereocenters. The van der Waals surface area contributed by atoms with Crippen LogP contribution in [0.1, 0.15) is 25.0 Å². The first-order valence-electron chi connectivity index (χ1n) is 5.47. The topological polar surface area (TPSA) is 26.3 Å². The minimum atomic E-state index is 0.0425. The second-order valence-corrected chi connectivity index (χ2v) is 4.28. The highest BCUT2D eigenvalue weighted by molar-refractivity contribution is 5.78. The van der Waals surface area contributed by atoms with E-state index in [1.54, 1.807) is 7.11 Å². The molecule has 0 aromatic heterocycles. The van der Waals surface area contributed by atoms with Crippen LogP contribution in [0.5, 0.6) is 5.75 Å². The standard InChI is InChI=1S/C14H16O2/c1-9-10(2)14-7-13(16-3)5-4-11(14)6-12(9)8-15/h4-5,7-8,12H,6H2,1-3H3. The number of rotatable bonds is 2. The number of allylic oxidation sites excluding steroid dienone is 2. The molecule has 0 bridgehead atoms. The van der Waals surface area contributed by atoms with Gasteiger partial charge in [-0.3, -0.25) is 0 Å². The zero-order valence-electron chi connectivity index (χ0n) is 9.91. The summed E-state index contributed by atoms with van der Waals surface area (Å²) in [5.74, 6) is 0.913. The largest absolute Gasteiger partial charge is 0.497 e. The van der Waals surface area contributed by atoms with Gasteiger partial charge in [0.15, 0.2) is 0 Å². The number of hydrogen-bond acceptors (Lipinski definition) is 2. The number of benzene rings is 1. The third kappa shape index (κ3) is 1.64. The van der Waals surface area contributed by atoms with Crippen LogP contribution in [-0.4, -0.2) is 13.4 Å². The Morgan fingerprint density at radius 2 is 2.12 bits per heavy atom. The summed E-state index contributed by atoms with van der Waals surface area (Å²) in [5.41, 5.74) is 4.84. The molecule has 1 aliphatic carbocycles. The number of hydrogen-bond donors (Lipinski definition) is 0. The van der Waals surface area contributed by atoms with Crippen LogP contribution in [-0.2, 0) is 11.2 Å². The summed E-state index contributed by atoms with van der Waals surface area (Å²) in [6, 6.07) is 6.06. The molecule has 2 heteroatoms. The molecule has 1 unspecified atom stereocenters. The molecule has 16 heavy (non-hydrogen) atoms. The van der Waals surface area contributed by atoms with Gasteiger partial charge in [-0.2, -0.15) is 0 Å². The Hall–Kier alpha value is -1.57. The molecular formula is C14H16O2. The second-order valence-electron chi connectivity index (χ2n) is 4.28. The van der Waals surface area contributed by atoms with E-state index in [9.17, 15) is 4.79 Å². The van der Waals surface area contributed by atoms with Gasteiger partial charge in [-0.25, -0.2) is 0 Å². The number of aldehydes is 1. The molecule has 0 spiro atoms. The van der Waals surface area contributed by atoms with Crippen LogP contribution in [0.2, 0.25) is 0 Å². The number of carbonyl (C=O) groups is 1. The Morgan fingerprint density at radius 1 is 1.38 bits per heavy atom. The molecule has 0 amide bonds. The minimum Gasteiger partial charge on any atom is -0.497 e. The molecule has 1 aromatic carbocycles. The van der Waals surface area contributed by atoms with Crippen molar-refractivity contribution in [1.82, 2.24) is 0 Å². The molecule has 1 aliphatic rings. The molecule has 0 saturated heterocycles. The molecule has 0 fully saturated rings. The summed E-state index contributed by atoms with van der Waals surface area (Å²) in [6.45, 7) is 4.11. The van der Waals surface area contributed by atoms with Crippen molar-refractivity contribution in [2.45, 2.75) is 20.3 Å². The first-order chi connectivity index (χ1) is 7.67. The van der Waals surface area contributed by atoms with Crippen LogP contribution in [0.4, 0.5) is 0 Å². The van der Waals surface area contributed by atoms with Gasteiger partial charge in [-0.1, -0.05) is 11.6 Å². The fraction of sp³-hybridized carbons (Fsp3) is 0.357. The normalized spacial score (nSPS) is 19.3. The minimum absolute atomic E-state index is 0.0425. The van der Waals surface area contributed by atoms with E-state index in [1.807, 2.05) is 13.0 Å². The zero-order chi connectivity index (χ0) is 11.7. The maximum atomic E-state index is 11.0. The summed E-state index contributed by atoms with van der Waals surface area (Å²) < 4.78 is 5.22. The van der Waals surface area contributed by atoms with Gasteiger partial charge in [0.25, 0.3) is 0 Å². The van der Waals surface area contributed by atoms with Crippen LogP contribution in [0.3, 0.4) is 0 Å². The van der Waals surface area contributed by atoms with Crippen LogP contribution in [0, 0.1) is 5.92 Å². The Morgan fingerprint density at radius 3 is 2.75 bits per heavy atom. The highest BCUT2D eigenvalue weighted by Gasteiger charge is 2.22. The number of carbonyl (C=O) groups excluding carboxylic acids is 1. The molecule has 1 aromatic rings. The Kier molecular flexibility index (Phi) is 2.82. The van der Waals surface area contributed by atoms with E-state index < -0.39 is 0 Å². The van der Waals surface area contributed by atoms with Gasteiger partial charge < -0.3 is 9.53 Å². The predicted octanol–water partition coefficient (Wildman–Crippen LogP) is 2.86. The molecule has 2 nitrogen and oxygen atoms in total. The van der Waals surface area contributed by atoms with E-state index >= 15 is 0 Å². The second kappa shape index (κ2) is 4.12. The molecule has 0 aliphatic heterocycles. The molecular weight excluding hydrogens is 200 g/mol. The van der Waals surface area contributed by atoms with Crippen molar-refractivity contribution in [3.05, 3.63) is 34.9 Å². The van der Waals surface area contributed by atoms with Crippen molar-refractivity contribution in [3.63, 3.8) is 0 Å². The van der Waals surface area contributed by atoms with Gasteiger partial charge in [0.05, 0.1) is 7.11 Å². The molecule has 0 heterocycles. The molecule has 84 valence electrons. The number of methoxy groups -OCH3 is 1. The monoisotopic (exact) mass is 216 g/mol. The Bertz CT molecular complexity index is 458. The van der Waals surface area contributed by atoms with Gasteiger partial charge in [0.2, 0.25) is 0 Å². The summed E-state index contributed by atoms with van der Waals surface area (Å²) in [4.78, 5) is 11.0. The van der Waals surface area contributed by atoms with Crippen molar-refractivity contribution < 1.29 is 9.53 Å². The van der Waals surface area contributed by atoms with Gasteiger partial charge in [-0.15, -0.1) is 0 Å². The van der Waals surface area contributed by atoms with Crippen molar-refractivity contribution in [3.8, 4) is 5.75 Å². The Balaban J connectivity index is 2.54. The van der Waals surface area contributed by atoms with E-state index in [0.29, 0.717) is 0 Å². The molecule has 0 saturated carbocycles. The summed E-state index contributed by atoms with van der Waals surface area (Å²) in [7, 11) is 1.67. The van der Waals surface area contributed by atoms with Gasteiger partial charge in [0.1, 0.15) is 12.0 Å². The smallest absolute Gasteiger partial charge is 0.127 e. The van der Waals surface area contributed by atoms with Crippen molar-refractivity contribution in [2.75, 3.05) is 7.11 Å². The summed E-state index contributed by atoms with van der Waals surface area (Å²) >= 11 is 0. The van der Waals surface area contributed by atoms with Gasteiger partial charge in [0, 0.05) is 5.92 Å². The third-order valence-corrected chi connectivity index (χ3v) is 3.47. The fourth-order valence-electron chi connectivity index (χ4n) is 2.24. The highest BCUT2D eigenvalue weighted by atomic mass is 16.5. The van der Waals surface area contributed by atoms with Crippen LogP contribution >= 0.6 is 0 Å². The zero-order valence-corrected chi connectivity index (χ0v) is 9.91. The number of fused-ring (bicyclic) bond motifs is 1. The summed E-state index contributed by atoms with van der Waals surface area (Å²) in [5, 5.41) is 0. The lowest BCUT2D eigenvalue weighted by atomic mass is 9.80. The average molecular weight is 216 g/mol. The highest BCUT2D eigenvalue weighted by Crippen LogP contribution is 2.35. The van der Waals surface area contributed by atoms with Crippen molar-refractivity contribution in [1.29, 1.82) is 0 Å². The SMILES string of the molecule is COc1ccc2c(c1)C(C)=C(C)C(C=O)C2. The van der Waals surface area contributed by atoms with Gasteiger partial charge in [-0.05, 0) is 49.1 Å². The van der Waals surface area contributed by atoms with Crippen molar-refractivity contribution >= 4 is 11.9 Å².